The van der Waals surface area contributed by atoms with E-state index in [0.29, 0.717) is 12.2 Å². The smallest absolute Gasteiger partial charge is 0.198 e. The number of ether oxygens (including phenoxy) is 1. The number of fused-ring (bicyclic) bond motifs is 1. The second-order valence-corrected chi connectivity index (χ2v) is 6.73. The molecule has 0 bridgehead atoms. The summed E-state index contributed by atoms with van der Waals surface area (Å²) in [5.74, 6) is 0.906. The minimum Gasteiger partial charge on any atom is -0.507 e. The SMILES string of the molecule is CCC/C=C/Cc1cc(O)c2c(c1)OC(O)CC2C(CC)=C(C)C. The Morgan fingerprint density at radius 1 is 1.25 bits per heavy atom. The molecule has 2 N–H and O–H groups in total. The van der Waals surface area contributed by atoms with Gasteiger partial charge >= 0.3 is 0 Å². The molecule has 0 aromatic heterocycles. The number of aliphatic hydroxyl groups excluding tert-OH is 1. The van der Waals surface area contributed by atoms with E-state index in [1.54, 1.807) is 0 Å². The molecule has 0 aliphatic carbocycles. The average molecular weight is 330 g/mol. The average Bonchev–Trinajstić information content (AvgIpc) is 2.51. The summed E-state index contributed by atoms with van der Waals surface area (Å²) in [7, 11) is 0. The fraction of sp³-hybridized carbons (Fsp3) is 0.524. The number of phenolic OH excluding ortho intramolecular Hbond substituents is 1. The van der Waals surface area contributed by atoms with Crippen LogP contribution < -0.4 is 4.74 Å². The van der Waals surface area contributed by atoms with Crippen LogP contribution in [-0.4, -0.2) is 16.5 Å². The first-order valence-corrected chi connectivity index (χ1v) is 8.99. The minimum absolute atomic E-state index is 0.0171. The van der Waals surface area contributed by atoms with Crippen molar-refractivity contribution < 1.29 is 14.9 Å². The van der Waals surface area contributed by atoms with Gasteiger partial charge in [-0.1, -0.05) is 43.6 Å². The Bertz CT molecular complexity index is 624. The van der Waals surface area contributed by atoms with Crippen molar-refractivity contribution in [2.45, 2.75) is 72.0 Å². The van der Waals surface area contributed by atoms with E-state index < -0.39 is 6.29 Å². The molecule has 1 aliphatic rings. The van der Waals surface area contributed by atoms with E-state index in [4.69, 9.17) is 4.74 Å². The highest BCUT2D eigenvalue weighted by Gasteiger charge is 2.32. The Morgan fingerprint density at radius 2 is 2.00 bits per heavy atom. The molecule has 0 saturated heterocycles. The van der Waals surface area contributed by atoms with Gasteiger partial charge < -0.3 is 14.9 Å². The van der Waals surface area contributed by atoms with Gasteiger partial charge in [0.2, 0.25) is 0 Å². The first kappa shape index (κ1) is 18.6. The Hall–Kier alpha value is -1.74. The Morgan fingerprint density at radius 3 is 2.62 bits per heavy atom. The third-order valence-electron chi connectivity index (χ3n) is 4.65. The van der Waals surface area contributed by atoms with E-state index in [2.05, 4.69) is 39.8 Å². The first-order chi connectivity index (χ1) is 11.5. The molecule has 0 saturated carbocycles. The molecule has 1 aliphatic heterocycles. The van der Waals surface area contributed by atoms with E-state index in [9.17, 15) is 10.2 Å². The lowest BCUT2D eigenvalue weighted by atomic mass is 9.81. The zero-order valence-corrected chi connectivity index (χ0v) is 15.3. The fourth-order valence-electron chi connectivity index (χ4n) is 3.52. The van der Waals surface area contributed by atoms with Crippen LogP contribution in [0.1, 0.15) is 70.4 Å². The molecule has 132 valence electrons. The van der Waals surface area contributed by atoms with Gasteiger partial charge in [-0.3, -0.25) is 0 Å². The maximum atomic E-state index is 10.6. The molecular formula is C21H30O3. The van der Waals surface area contributed by atoms with Crippen molar-refractivity contribution in [3.63, 3.8) is 0 Å². The molecule has 0 fully saturated rings. The van der Waals surface area contributed by atoms with Gasteiger partial charge in [0.1, 0.15) is 11.5 Å². The van der Waals surface area contributed by atoms with Crippen LogP contribution in [0.2, 0.25) is 0 Å². The molecule has 3 heteroatoms. The Labute approximate surface area is 145 Å². The third kappa shape index (κ3) is 4.21. The monoisotopic (exact) mass is 330 g/mol. The van der Waals surface area contributed by atoms with Crippen LogP contribution in [0.15, 0.2) is 35.4 Å². The van der Waals surface area contributed by atoms with Gasteiger partial charge in [-0.25, -0.2) is 0 Å². The summed E-state index contributed by atoms with van der Waals surface area (Å²) in [4.78, 5) is 0. The number of phenols is 1. The van der Waals surface area contributed by atoms with Gasteiger partial charge in [0.15, 0.2) is 6.29 Å². The number of aromatic hydroxyl groups is 1. The van der Waals surface area contributed by atoms with Crippen molar-refractivity contribution >= 4 is 0 Å². The highest BCUT2D eigenvalue weighted by atomic mass is 16.6. The number of rotatable bonds is 6. The predicted molar refractivity (Wildman–Crippen MR) is 98.5 cm³/mol. The standard InChI is InChI=1S/C21H30O3/c1-5-7-8-9-10-15-11-18(22)21-17(16(6-2)14(3)4)13-20(23)24-19(21)12-15/h8-9,11-12,17,20,22-23H,5-7,10,13H2,1-4H3/b9-8+. The fourth-order valence-corrected chi connectivity index (χ4v) is 3.52. The van der Waals surface area contributed by atoms with Crippen LogP contribution in [-0.2, 0) is 6.42 Å². The molecule has 0 amide bonds. The van der Waals surface area contributed by atoms with Crippen molar-refractivity contribution in [2.24, 2.45) is 0 Å². The van der Waals surface area contributed by atoms with E-state index in [1.165, 1.54) is 11.1 Å². The summed E-state index contributed by atoms with van der Waals surface area (Å²) in [6.45, 7) is 8.45. The Kier molecular flexibility index (Phi) is 6.50. The number of hydrogen-bond donors (Lipinski definition) is 2. The molecule has 2 rings (SSSR count). The van der Waals surface area contributed by atoms with Crippen molar-refractivity contribution in [1.82, 2.24) is 0 Å². The molecule has 2 unspecified atom stereocenters. The van der Waals surface area contributed by atoms with Crippen LogP contribution in [0.5, 0.6) is 11.5 Å². The van der Waals surface area contributed by atoms with Gasteiger partial charge in [0, 0.05) is 17.9 Å². The molecule has 0 spiro atoms. The topological polar surface area (TPSA) is 49.7 Å². The van der Waals surface area contributed by atoms with E-state index in [1.807, 2.05) is 12.1 Å². The molecular weight excluding hydrogens is 300 g/mol. The second-order valence-electron chi connectivity index (χ2n) is 6.73. The number of hydrogen-bond acceptors (Lipinski definition) is 3. The second kappa shape index (κ2) is 8.39. The number of aliphatic hydroxyl groups is 1. The van der Waals surface area contributed by atoms with E-state index >= 15 is 0 Å². The molecule has 24 heavy (non-hydrogen) atoms. The largest absolute Gasteiger partial charge is 0.507 e. The zero-order valence-electron chi connectivity index (χ0n) is 15.3. The molecule has 3 nitrogen and oxygen atoms in total. The van der Waals surface area contributed by atoms with Crippen molar-refractivity contribution in [3.8, 4) is 11.5 Å². The summed E-state index contributed by atoms with van der Waals surface area (Å²) in [5, 5.41) is 20.8. The maximum absolute atomic E-state index is 10.6. The van der Waals surface area contributed by atoms with Crippen LogP contribution in [0, 0.1) is 0 Å². The molecule has 1 aromatic carbocycles. The van der Waals surface area contributed by atoms with Crippen molar-refractivity contribution in [2.75, 3.05) is 0 Å². The predicted octanol–water partition coefficient (Wildman–Crippen LogP) is 5.22. The summed E-state index contributed by atoms with van der Waals surface area (Å²) in [6.07, 6.45) is 7.80. The van der Waals surface area contributed by atoms with Gasteiger partial charge in [0.05, 0.1) is 0 Å². The highest BCUT2D eigenvalue weighted by Crippen LogP contribution is 2.47. The van der Waals surface area contributed by atoms with Gasteiger partial charge in [-0.2, -0.15) is 0 Å². The lowest BCUT2D eigenvalue weighted by Crippen LogP contribution is -2.26. The normalized spacial score (nSPS) is 19.9. The van der Waals surface area contributed by atoms with Crippen molar-refractivity contribution in [1.29, 1.82) is 0 Å². The third-order valence-corrected chi connectivity index (χ3v) is 4.65. The van der Waals surface area contributed by atoms with E-state index in [0.717, 1.165) is 36.8 Å². The van der Waals surface area contributed by atoms with Gasteiger partial charge in [-0.15, -0.1) is 0 Å². The number of allylic oxidation sites excluding steroid dienone is 4. The molecule has 2 atom stereocenters. The lowest BCUT2D eigenvalue weighted by molar-refractivity contribution is -0.0368. The summed E-state index contributed by atoms with van der Waals surface area (Å²) in [5.41, 5.74) is 4.33. The van der Waals surface area contributed by atoms with E-state index in [-0.39, 0.29) is 11.7 Å². The molecule has 0 radical (unpaired) electrons. The van der Waals surface area contributed by atoms with Crippen LogP contribution >= 0.6 is 0 Å². The van der Waals surface area contributed by atoms with Gasteiger partial charge in [-0.05, 0) is 50.8 Å². The summed E-state index contributed by atoms with van der Waals surface area (Å²) in [6, 6.07) is 3.79. The maximum Gasteiger partial charge on any atom is 0.198 e. The number of benzene rings is 1. The quantitative estimate of drug-likeness (QED) is 0.703. The van der Waals surface area contributed by atoms with Crippen LogP contribution in [0.4, 0.5) is 0 Å². The van der Waals surface area contributed by atoms with Gasteiger partial charge in [0.25, 0.3) is 0 Å². The Balaban J connectivity index is 2.38. The minimum atomic E-state index is -0.825. The molecule has 1 heterocycles. The summed E-state index contributed by atoms with van der Waals surface area (Å²) >= 11 is 0. The van der Waals surface area contributed by atoms with Crippen LogP contribution in [0.3, 0.4) is 0 Å². The van der Waals surface area contributed by atoms with Crippen LogP contribution in [0.25, 0.3) is 0 Å². The first-order valence-electron chi connectivity index (χ1n) is 8.99. The van der Waals surface area contributed by atoms with Crippen molar-refractivity contribution in [3.05, 3.63) is 46.6 Å². The lowest BCUT2D eigenvalue weighted by Gasteiger charge is -2.32. The summed E-state index contributed by atoms with van der Waals surface area (Å²) < 4.78 is 5.63. The highest BCUT2D eigenvalue weighted by molar-refractivity contribution is 5.54. The number of unbranched alkanes of at least 4 members (excludes halogenated alkanes) is 1. The molecule has 1 aromatic rings. The zero-order chi connectivity index (χ0) is 17.7.